The highest BCUT2D eigenvalue weighted by Gasteiger charge is 2.52. The van der Waals surface area contributed by atoms with Gasteiger partial charge in [-0.3, -0.25) is 24.0 Å². The molecule has 5 fully saturated rings. The maximum Gasteiger partial charge on any atom is 0.306 e. The van der Waals surface area contributed by atoms with Gasteiger partial charge < -0.3 is 117 Å². The predicted octanol–water partition coefficient (Wildman–Crippen LogP) is 1.09. The zero-order valence-corrected chi connectivity index (χ0v) is 51.8. The normalized spacial score (nSPS) is 37.5. The SMILES string of the molecule is CO[C@H](C(=O)[C@@H](O)[C@@H](C)OC(=O)CCC(C)=O)[C@@H]1Cc2cc3cc(O[C@H]4C[C@@H](O[C@H]5C[C@@H](OC(=O)CCC(=O)O)[C@H](O)C(C)O5)[C@H](O)C(C)O4)c(C)c(O)c3c(O)c2C(=O)[C@H]1O[C@H]1C[C@@H](O[C@H]2C[C@@H](O[C@H]3C[C@](C)(O)[C@H](O)C(C)O3)[C@@H](O)C(C)O2)[C@H](O)C(C)O1. The number of aliphatic hydroxyl groups is 7. The molecule has 0 spiro atoms. The monoisotopic (exact) mass is 1280 g/mol. The summed E-state index contributed by atoms with van der Waals surface area (Å²) in [6.45, 7) is 13.2. The minimum Gasteiger partial charge on any atom is -0.507 e. The summed E-state index contributed by atoms with van der Waals surface area (Å²) in [5.41, 5.74) is -1.73. The van der Waals surface area contributed by atoms with Crippen molar-refractivity contribution in [3.8, 4) is 17.2 Å². The minimum atomic E-state index is -2.06. The molecule has 0 radical (unpaired) electrons. The number of benzene rings is 2. The highest BCUT2D eigenvalue weighted by atomic mass is 16.7. The van der Waals surface area contributed by atoms with Crippen molar-refractivity contribution in [2.24, 2.45) is 5.92 Å². The fraction of sp³-hybridized carbons (Fsp3) is 0.738. The van der Waals surface area contributed by atoms with Crippen LogP contribution < -0.4 is 4.74 Å². The first-order valence-corrected chi connectivity index (χ1v) is 30.4. The average Bonchev–Trinajstić information content (AvgIpc) is 0.738. The summed E-state index contributed by atoms with van der Waals surface area (Å²) in [4.78, 5) is 77.6. The number of aliphatic carboxylic acids is 1. The number of phenols is 2. The maximum atomic E-state index is 15.3. The van der Waals surface area contributed by atoms with E-state index >= 15 is 4.79 Å². The second-order valence-electron chi connectivity index (χ2n) is 24.7. The number of ketones is 3. The standard InChI is InChI=1S/C61H86O29/c1-23(62)11-13-40(65)79-29(7)54(72)57(75)58(78-10)33-16-31-15-32-17-34(86-42-19-36(51(69)26(4)80-42)87-43-18-35(50(68)25(3)81-43)85-41(66)14-12-39(63)64)24(2)49(67)47(32)55(73)48(31)56(74)59(33)90-45-21-37(52(70)28(6)83-45)88-44-20-38(53(71)27(5)82-44)89-46-22-61(9,77)60(76)30(8)84-46/h15,17,25-30,33,35-38,42-46,50-54,58-60,67-73,76-77H,11-14,16,18-22H2,1-10H3,(H,63,64)/t25?,26?,27?,28?,29-,30?,33+,35-,36-,37-,38-,42+,43+,44+,45+,46+,50-,51-,52-,53+,54+,58+,59+,60-,61+/m1/s1. The number of rotatable bonds is 23. The van der Waals surface area contributed by atoms with E-state index in [9.17, 15) is 69.9 Å². The number of hydrogen-bond donors (Lipinski definition) is 10. The van der Waals surface area contributed by atoms with Crippen molar-refractivity contribution in [3.63, 3.8) is 0 Å². The molecule has 0 bridgehead atoms. The summed E-state index contributed by atoms with van der Waals surface area (Å²) < 4.78 is 77.9. The Bertz CT molecular complexity index is 2900. The lowest BCUT2D eigenvalue weighted by Crippen LogP contribution is -2.58. The van der Waals surface area contributed by atoms with Gasteiger partial charge in [0.2, 0.25) is 6.29 Å². The molecule has 2 aromatic carbocycles. The lowest BCUT2D eigenvalue weighted by Gasteiger charge is -2.46. The molecule has 2 aromatic rings. The Morgan fingerprint density at radius 3 is 1.69 bits per heavy atom. The van der Waals surface area contributed by atoms with Crippen molar-refractivity contribution in [3.05, 3.63) is 28.8 Å². The van der Waals surface area contributed by atoms with Gasteiger partial charge in [-0.2, -0.15) is 0 Å². The van der Waals surface area contributed by atoms with E-state index in [1.54, 1.807) is 20.8 Å². The molecule has 5 unspecified atom stereocenters. The van der Waals surface area contributed by atoms with Gasteiger partial charge in [0.1, 0.15) is 78.0 Å². The maximum absolute atomic E-state index is 15.3. The lowest BCUT2D eigenvalue weighted by atomic mass is 9.75. The van der Waals surface area contributed by atoms with Crippen molar-refractivity contribution in [1.82, 2.24) is 0 Å². The quantitative estimate of drug-likeness (QED) is 0.0696. The van der Waals surface area contributed by atoms with Gasteiger partial charge >= 0.3 is 17.9 Å². The Morgan fingerprint density at radius 1 is 0.667 bits per heavy atom. The summed E-state index contributed by atoms with van der Waals surface area (Å²) in [5, 5.41) is 111. The molecule has 0 saturated carbocycles. The highest BCUT2D eigenvalue weighted by Crippen LogP contribution is 2.48. The molecule has 8 rings (SSSR count). The molecule has 504 valence electrons. The Morgan fingerprint density at radius 2 is 1.16 bits per heavy atom. The molecule has 5 saturated heterocycles. The van der Waals surface area contributed by atoms with E-state index in [0.717, 1.165) is 7.11 Å². The van der Waals surface area contributed by atoms with Gasteiger partial charge in [0.05, 0.1) is 84.6 Å². The molecule has 10 N–H and O–H groups in total. The van der Waals surface area contributed by atoms with Gasteiger partial charge in [-0.1, -0.05) is 0 Å². The molecule has 0 aromatic heterocycles. The van der Waals surface area contributed by atoms with E-state index in [2.05, 4.69) is 0 Å². The number of esters is 2. The summed E-state index contributed by atoms with van der Waals surface area (Å²) in [5.74, 6) is -7.80. The highest BCUT2D eigenvalue weighted by molar-refractivity contribution is 6.11. The molecule has 29 nitrogen and oxygen atoms in total. The number of carboxylic acids is 1. The Balaban J connectivity index is 1.05. The number of aliphatic hydroxyl groups excluding tert-OH is 6. The number of carbonyl (C=O) groups excluding carboxylic acids is 5. The van der Waals surface area contributed by atoms with Crippen molar-refractivity contribution in [2.75, 3.05) is 7.11 Å². The zero-order valence-electron chi connectivity index (χ0n) is 51.8. The van der Waals surface area contributed by atoms with Crippen LogP contribution in [0.15, 0.2) is 12.1 Å². The van der Waals surface area contributed by atoms with Gasteiger partial charge in [-0.25, -0.2) is 0 Å². The van der Waals surface area contributed by atoms with Crippen LogP contribution in [-0.4, -0.2) is 240 Å². The fourth-order valence-corrected chi connectivity index (χ4v) is 12.5. The second-order valence-corrected chi connectivity index (χ2v) is 24.7. The van der Waals surface area contributed by atoms with Crippen LogP contribution >= 0.6 is 0 Å². The molecule has 6 aliphatic rings. The number of aromatic hydroxyl groups is 2. The van der Waals surface area contributed by atoms with Crippen LogP contribution in [0.4, 0.5) is 0 Å². The molecule has 25 atom stereocenters. The molecule has 29 heteroatoms. The van der Waals surface area contributed by atoms with Gasteiger partial charge in [-0.05, 0) is 91.8 Å². The van der Waals surface area contributed by atoms with Crippen molar-refractivity contribution >= 4 is 46.0 Å². The third-order valence-corrected chi connectivity index (χ3v) is 17.7. The Hall–Kier alpha value is -5.16. The second kappa shape index (κ2) is 29.4. The molecule has 5 aliphatic heterocycles. The number of methoxy groups -OCH3 is 1. The van der Waals surface area contributed by atoms with Crippen LogP contribution in [0.25, 0.3) is 10.8 Å². The van der Waals surface area contributed by atoms with Crippen LogP contribution in [0.3, 0.4) is 0 Å². The predicted molar refractivity (Wildman–Crippen MR) is 303 cm³/mol. The van der Waals surface area contributed by atoms with E-state index < -0.39 is 207 Å². The third kappa shape index (κ3) is 16.1. The third-order valence-electron chi connectivity index (χ3n) is 17.7. The number of ether oxygens (including phenoxy) is 13. The van der Waals surface area contributed by atoms with Crippen molar-refractivity contribution in [2.45, 2.75) is 273 Å². The minimum absolute atomic E-state index is 0.0168. The molecule has 5 heterocycles. The zero-order chi connectivity index (χ0) is 66.1. The molecular weight excluding hydrogens is 1200 g/mol. The van der Waals surface area contributed by atoms with Crippen LogP contribution in [-0.2, 0) is 87.2 Å². The van der Waals surface area contributed by atoms with E-state index in [0.29, 0.717) is 0 Å². The van der Waals surface area contributed by atoms with Gasteiger partial charge in [0.15, 0.2) is 42.8 Å². The van der Waals surface area contributed by atoms with Gasteiger partial charge in [0, 0.05) is 57.1 Å². The number of carbonyl (C=O) groups is 6. The van der Waals surface area contributed by atoms with Crippen LogP contribution in [0.2, 0.25) is 0 Å². The largest absolute Gasteiger partial charge is 0.507 e. The van der Waals surface area contributed by atoms with Crippen LogP contribution in [0.1, 0.15) is 135 Å². The van der Waals surface area contributed by atoms with Crippen molar-refractivity contribution in [1.29, 1.82) is 0 Å². The number of Topliss-reactive ketones (excluding diaryl/α,β-unsaturated/α-hetero) is 3. The van der Waals surface area contributed by atoms with Crippen molar-refractivity contribution < 1.29 is 141 Å². The summed E-state index contributed by atoms with van der Waals surface area (Å²) in [7, 11) is 1.14. The van der Waals surface area contributed by atoms with E-state index in [1.807, 2.05) is 0 Å². The fourth-order valence-electron chi connectivity index (χ4n) is 12.5. The molecule has 1 aliphatic carbocycles. The molecule has 90 heavy (non-hydrogen) atoms. The first-order chi connectivity index (χ1) is 42.3. The first kappa shape index (κ1) is 70.7. The topological polar surface area (TPSA) is 425 Å². The van der Waals surface area contributed by atoms with E-state index in [-0.39, 0.29) is 90.4 Å². The number of hydrogen-bond acceptors (Lipinski definition) is 28. The van der Waals surface area contributed by atoms with Crippen LogP contribution in [0, 0.1) is 12.8 Å². The molecular formula is C61H86O29. The Labute approximate surface area is 518 Å². The first-order valence-electron chi connectivity index (χ1n) is 30.4. The number of phenolic OH excluding ortho intramolecular Hbond substituents is 2. The smallest absolute Gasteiger partial charge is 0.306 e. The lowest BCUT2D eigenvalue weighted by molar-refractivity contribution is -0.334. The summed E-state index contributed by atoms with van der Waals surface area (Å²) in [6.07, 6.45) is -30.8. The number of carboxylic acid groups (broad SMARTS) is 1. The van der Waals surface area contributed by atoms with E-state index in [4.69, 9.17) is 66.7 Å². The summed E-state index contributed by atoms with van der Waals surface area (Å²) >= 11 is 0. The Kier molecular flexibility index (Phi) is 23.1. The molecule has 0 amide bonds. The summed E-state index contributed by atoms with van der Waals surface area (Å²) in [6, 6.07) is 2.92. The average molecular weight is 1280 g/mol. The van der Waals surface area contributed by atoms with Crippen LogP contribution in [0.5, 0.6) is 17.2 Å². The van der Waals surface area contributed by atoms with Gasteiger partial charge in [0.25, 0.3) is 0 Å². The van der Waals surface area contributed by atoms with Gasteiger partial charge in [-0.15, -0.1) is 0 Å². The van der Waals surface area contributed by atoms with E-state index in [1.165, 1.54) is 53.7 Å². The number of fused-ring (bicyclic) bond motifs is 2.